The van der Waals surface area contributed by atoms with Crippen LogP contribution in [-0.2, 0) is 11.3 Å². The van der Waals surface area contributed by atoms with Crippen LogP contribution in [0.2, 0.25) is 0 Å². The van der Waals surface area contributed by atoms with Gasteiger partial charge < -0.3 is 5.32 Å². The molecule has 7 nitrogen and oxygen atoms in total. The first-order valence-electron chi connectivity index (χ1n) is 6.12. The Morgan fingerprint density at radius 2 is 2.05 bits per heavy atom. The first-order valence-corrected chi connectivity index (χ1v) is 6.12. The number of nitrogens with one attached hydrogen (secondary N) is 1. The summed E-state index contributed by atoms with van der Waals surface area (Å²) in [6, 6.07) is 2.27. The number of hydrogen-bond acceptors (Lipinski definition) is 4. The third-order valence-corrected chi connectivity index (χ3v) is 2.84. The van der Waals surface area contributed by atoms with Crippen molar-refractivity contribution in [2.45, 2.75) is 39.3 Å². The fourth-order valence-corrected chi connectivity index (χ4v) is 1.67. The molecule has 1 aromatic rings. The number of nitro groups is 1. The molecule has 7 heteroatoms. The van der Waals surface area contributed by atoms with Crippen molar-refractivity contribution in [3.63, 3.8) is 0 Å². The van der Waals surface area contributed by atoms with Crippen molar-refractivity contribution in [3.8, 4) is 0 Å². The molecule has 0 aromatic carbocycles. The molecule has 0 spiro atoms. The largest absolute Gasteiger partial charge is 0.352 e. The van der Waals surface area contributed by atoms with Gasteiger partial charge in [0.05, 0.1) is 11.1 Å². The summed E-state index contributed by atoms with van der Waals surface area (Å²) in [7, 11) is 0. The van der Waals surface area contributed by atoms with E-state index in [-0.39, 0.29) is 24.2 Å². The maximum atomic E-state index is 11.7. The Balaban J connectivity index is 2.81. The van der Waals surface area contributed by atoms with E-state index in [2.05, 4.69) is 5.32 Å². The fourth-order valence-electron chi connectivity index (χ4n) is 1.67. The second-order valence-corrected chi connectivity index (χ2v) is 4.19. The molecule has 0 aliphatic heterocycles. The molecule has 0 saturated carbocycles. The van der Waals surface area contributed by atoms with Crippen molar-refractivity contribution >= 4 is 11.6 Å². The van der Waals surface area contributed by atoms with Crippen LogP contribution >= 0.6 is 0 Å². The summed E-state index contributed by atoms with van der Waals surface area (Å²) in [5.74, 6) is -0.323. The first-order chi connectivity index (χ1) is 8.97. The monoisotopic (exact) mass is 267 g/mol. The van der Waals surface area contributed by atoms with Gasteiger partial charge in [-0.1, -0.05) is 13.8 Å². The number of carbonyl (C=O) groups excluding carboxylic acids is 1. The van der Waals surface area contributed by atoms with Crippen molar-refractivity contribution in [1.29, 1.82) is 0 Å². The number of nitrogens with zero attached hydrogens (tertiary/aromatic N) is 2. The number of amides is 1. The molecule has 1 amide bonds. The van der Waals surface area contributed by atoms with Gasteiger partial charge in [0.15, 0.2) is 0 Å². The lowest BCUT2D eigenvalue weighted by atomic mass is 10.2. The van der Waals surface area contributed by atoms with Gasteiger partial charge in [0.1, 0.15) is 6.54 Å². The number of rotatable bonds is 6. The average molecular weight is 267 g/mol. The van der Waals surface area contributed by atoms with Crippen molar-refractivity contribution < 1.29 is 9.72 Å². The van der Waals surface area contributed by atoms with Crippen LogP contribution in [0.25, 0.3) is 0 Å². The minimum Gasteiger partial charge on any atom is -0.352 e. The van der Waals surface area contributed by atoms with Crippen LogP contribution in [0, 0.1) is 10.1 Å². The summed E-state index contributed by atoms with van der Waals surface area (Å²) in [6.07, 6.45) is 2.67. The van der Waals surface area contributed by atoms with E-state index in [1.54, 1.807) is 0 Å². The second-order valence-electron chi connectivity index (χ2n) is 4.19. The highest BCUT2D eigenvalue weighted by atomic mass is 16.6. The second kappa shape index (κ2) is 6.67. The van der Waals surface area contributed by atoms with Crippen LogP contribution in [0.1, 0.15) is 26.7 Å². The smallest absolute Gasteiger partial charge is 0.285 e. The molecule has 0 radical (unpaired) electrons. The molecule has 0 saturated heterocycles. The van der Waals surface area contributed by atoms with E-state index in [0.29, 0.717) is 0 Å². The number of pyridine rings is 1. The Morgan fingerprint density at radius 3 is 2.58 bits per heavy atom. The average Bonchev–Trinajstić information content (AvgIpc) is 2.38. The lowest BCUT2D eigenvalue weighted by Gasteiger charge is -2.15. The maximum absolute atomic E-state index is 11.7. The molecule has 19 heavy (non-hydrogen) atoms. The van der Waals surface area contributed by atoms with Crippen LogP contribution in [0.5, 0.6) is 0 Å². The van der Waals surface area contributed by atoms with E-state index >= 15 is 0 Å². The molecule has 1 rings (SSSR count). The number of hydrogen-bond donors (Lipinski definition) is 1. The normalized spacial score (nSPS) is 10.5. The topological polar surface area (TPSA) is 94.2 Å². The Hall–Kier alpha value is -2.18. The maximum Gasteiger partial charge on any atom is 0.285 e. The van der Waals surface area contributed by atoms with E-state index < -0.39 is 10.5 Å². The zero-order valence-electron chi connectivity index (χ0n) is 11.0. The molecular formula is C12H17N3O4. The highest BCUT2D eigenvalue weighted by Crippen LogP contribution is 2.06. The minimum absolute atomic E-state index is 0.0573. The highest BCUT2D eigenvalue weighted by molar-refractivity contribution is 5.76. The molecule has 1 N–H and O–H groups in total. The van der Waals surface area contributed by atoms with Crippen molar-refractivity contribution in [1.82, 2.24) is 9.88 Å². The molecule has 0 aliphatic carbocycles. The highest BCUT2D eigenvalue weighted by Gasteiger charge is 2.12. The first kappa shape index (κ1) is 14.9. The van der Waals surface area contributed by atoms with Crippen LogP contribution in [0.3, 0.4) is 0 Å². The van der Waals surface area contributed by atoms with Crippen molar-refractivity contribution in [3.05, 3.63) is 38.8 Å². The van der Waals surface area contributed by atoms with E-state index in [1.165, 1.54) is 0 Å². The SMILES string of the molecule is CCC(CC)NC(=O)Cn1cc([N+](=O)[O-])ccc1=O. The van der Waals surface area contributed by atoms with Gasteiger partial charge in [-0.25, -0.2) is 0 Å². The van der Waals surface area contributed by atoms with Gasteiger partial charge >= 0.3 is 0 Å². The van der Waals surface area contributed by atoms with Gasteiger partial charge in [-0.3, -0.25) is 24.3 Å². The van der Waals surface area contributed by atoms with Crippen molar-refractivity contribution in [2.24, 2.45) is 0 Å². The van der Waals surface area contributed by atoms with E-state index in [0.717, 1.165) is 35.7 Å². The van der Waals surface area contributed by atoms with Crippen LogP contribution in [-0.4, -0.2) is 21.4 Å². The Labute approximate surface area is 110 Å². The summed E-state index contributed by atoms with van der Waals surface area (Å²) in [5, 5.41) is 13.4. The lowest BCUT2D eigenvalue weighted by Crippen LogP contribution is -2.38. The predicted molar refractivity (Wildman–Crippen MR) is 69.9 cm³/mol. The van der Waals surface area contributed by atoms with Gasteiger partial charge in [0.2, 0.25) is 5.91 Å². The fraction of sp³-hybridized carbons (Fsp3) is 0.500. The van der Waals surface area contributed by atoms with E-state index in [1.807, 2.05) is 13.8 Å². The number of aromatic nitrogens is 1. The Bertz CT molecular complexity index is 520. The summed E-state index contributed by atoms with van der Waals surface area (Å²) < 4.78 is 1.04. The standard InChI is InChI=1S/C12H17N3O4/c1-3-9(4-2)13-11(16)8-14-7-10(15(18)19)5-6-12(14)17/h5-7,9H,3-4,8H2,1-2H3,(H,13,16). The van der Waals surface area contributed by atoms with E-state index in [4.69, 9.17) is 0 Å². The Morgan fingerprint density at radius 1 is 1.42 bits per heavy atom. The van der Waals surface area contributed by atoms with Gasteiger partial charge in [0.25, 0.3) is 11.2 Å². The van der Waals surface area contributed by atoms with Gasteiger partial charge in [-0.05, 0) is 12.8 Å². The van der Waals surface area contributed by atoms with Crippen molar-refractivity contribution in [2.75, 3.05) is 0 Å². The van der Waals surface area contributed by atoms with Crippen LogP contribution in [0.15, 0.2) is 23.1 Å². The molecule has 0 aliphatic rings. The molecular weight excluding hydrogens is 250 g/mol. The molecule has 0 fully saturated rings. The quantitative estimate of drug-likeness (QED) is 0.616. The summed E-state index contributed by atoms with van der Waals surface area (Å²) >= 11 is 0. The molecule has 1 aromatic heterocycles. The third kappa shape index (κ3) is 4.20. The third-order valence-electron chi connectivity index (χ3n) is 2.84. The van der Waals surface area contributed by atoms with Gasteiger partial charge in [0, 0.05) is 18.2 Å². The summed E-state index contributed by atoms with van der Waals surface area (Å²) in [5.41, 5.74) is -0.653. The predicted octanol–water partition coefficient (Wildman–Crippen LogP) is 1.06. The molecule has 0 unspecified atom stereocenters. The van der Waals surface area contributed by atoms with Gasteiger partial charge in [-0.15, -0.1) is 0 Å². The summed E-state index contributed by atoms with van der Waals surface area (Å²) in [4.78, 5) is 33.3. The molecule has 0 bridgehead atoms. The molecule has 1 heterocycles. The zero-order chi connectivity index (χ0) is 14.4. The molecule has 0 atom stereocenters. The number of carbonyl (C=O) groups is 1. The minimum atomic E-state index is -0.602. The molecule has 104 valence electrons. The van der Waals surface area contributed by atoms with Crippen LogP contribution in [0.4, 0.5) is 5.69 Å². The van der Waals surface area contributed by atoms with Gasteiger partial charge in [-0.2, -0.15) is 0 Å². The lowest BCUT2D eigenvalue weighted by molar-refractivity contribution is -0.385. The zero-order valence-corrected chi connectivity index (χ0v) is 11.0. The Kier molecular flexibility index (Phi) is 5.23. The van der Waals surface area contributed by atoms with E-state index in [9.17, 15) is 19.7 Å². The summed E-state index contributed by atoms with van der Waals surface area (Å²) in [6.45, 7) is 3.69. The van der Waals surface area contributed by atoms with Crippen LogP contribution < -0.4 is 10.9 Å².